The van der Waals surface area contributed by atoms with Crippen molar-refractivity contribution in [3.05, 3.63) is 27.7 Å². The smallest absolute Gasteiger partial charge is 0.0647 e. The average Bonchev–Trinajstić information content (AvgIpc) is 1.83. The van der Waals surface area contributed by atoms with E-state index < -0.39 is 0 Å². The fourth-order valence-electron chi connectivity index (χ4n) is 0.468. The molecule has 0 aliphatic rings. The predicted molar refractivity (Wildman–Crippen MR) is 42.4 cm³/mol. The third kappa shape index (κ3) is 1.37. The van der Waals surface area contributed by atoms with E-state index in [-0.39, 0.29) is 0 Å². The summed E-state index contributed by atoms with van der Waals surface area (Å²) < 4.78 is 0.715. The molecule has 2 N–H and O–H groups in total. The second kappa shape index (κ2) is 2.58. The van der Waals surface area contributed by atoms with Gasteiger partial charge in [-0.05, 0) is 22.0 Å². The lowest BCUT2D eigenvalue weighted by atomic mass is 10.3. The van der Waals surface area contributed by atoms with Gasteiger partial charge in [0.25, 0.3) is 0 Å². The molecule has 0 fully saturated rings. The fourth-order valence-corrected chi connectivity index (χ4v) is 0.887. The summed E-state index contributed by atoms with van der Waals surface area (Å²) in [6.07, 6.45) is 0. The van der Waals surface area contributed by atoms with Gasteiger partial charge in [-0.1, -0.05) is 17.7 Å². The molecule has 0 spiro atoms. The standard InChI is InChI=1S/C6H4BrClN/c7-6-4(8)2-1-3-5(6)9/h1,3H,9H2. The largest absolute Gasteiger partial charge is 0.398 e. The number of anilines is 1. The molecule has 1 rings (SSSR count). The van der Waals surface area contributed by atoms with E-state index in [4.69, 9.17) is 17.3 Å². The molecule has 0 aromatic heterocycles. The maximum atomic E-state index is 5.63. The van der Waals surface area contributed by atoms with Crippen molar-refractivity contribution in [1.82, 2.24) is 0 Å². The van der Waals surface area contributed by atoms with Crippen LogP contribution in [0.5, 0.6) is 0 Å². The van der Waals surface area contributed by atoms with Crippen molar-refractivity contribution < 1.29 is 0 Å². The Morgan fingerprint density at radius 3 is 2.78 bits per heavy atom. The van der Waals surface area contributed by atoms with Crippen LogP contribution in [0.1, 0.15) is 0 Å². The SMILES string of the molecule is Nc1cc[c]c(Cl)c1Br. The molecule has 1 aromatic carbocycles. The number of hydrogen-bond donors (Lipinski definition) is 1. The van der Waals surface area contributed by atoms with Gasteiger partial charge in [0.15, 0.2) is 0 Å². The van der Waals surface area contributed by atoms with Crippen molar-refractivity contribution in [3.8, 4) is 0 Å². The molecule has 0 amide bonds. The van der Waals surface area contributed by atoms with Gasteiger partial charge in [0.1, 0.15) is 0 Å². The molecule has 0 aliphatic heterocycles. The fraction of sp³-hybridized carbons (Fsp3) is 0. The summed E-state index contributed by atoms with van der Waals surface area (Å²) in [6, 6.07) is 6.19. The van der Waals surface area contributed by atoms with Gasteiger partial charge in [0.05, 0.1) is 9.50 Å². The molecule has 0 saturated carbocycles. The third-order valence-corrected chi connectivity index (χ3v) is 2.30. The summed E-state index contributed by atoms with van der Waals surface area (Å²) in [5, 5.41) is 0.523. The minimum atomic E-state index is 0.523. The van der Waals surface area contributed by atoms with E-state index >= 15 is 0 Å². The minimum Gasteiger partial charge on any atom is -0.398 e. The van der Waals surface area contributed by atoms with Crippen LogP contribution in [0.2, 0.25) is 5.02 Å². The molecule has 3 heteroatoms. The lowest BCUT2D eigenvalue weighted by Gasteiger charge is -1.96. The molecular formula is C6H4BrClN. The van der Waals surface area contributed by atoms with Crippen LogP contribution in [-0.4, -0.2) is 0 Å². The van der Waals surface area contributed by atoms with Gasteiger partial charge in [0.2, 0.25) is 0 Å². The molecule has 0 heterocycles. The first kappa shape index (κ1) is 6.90. The van der Waals surface area contributed by atoms with Crippen LogP contribution in [0.3, 0.4) is 0 Å². The summed E-state index contributed by atoms with van der Waals surface area (Å²) >= 11 is 8.82. The van der Waals surface area contributed by atoms with Gasteiger partial charge >= 0.3 is 0 Å². The highest BCUT2D eigenvalue weighted by Crippen LogP contribution is 2.26. The highest BCUT2D eigenvalue weighted by Gasteiger charge is 1.97. The Kier molecular flexibility index (Phi) is 1.98. The highest BCUT2D eigenvalue weighted by atomic mass is 79.9. The zero-order valence-corrected chi connectivity index (χ0v) is 6.83. The number of nitrogens with two attached hydrogens (primary N) is 1. The molecule has 0 saturated heterocycles. The summed E-state index contributed by atoms with van der Waals surface area (Å²) in [5.74, 6) is 0. The van der Waals surface area contributed by atoms with Crippen molar-refractivity contribution in [3.63, 3.8) is 0 Å². The van der Waals surface area contributed by atoms with E-state index in [9.17, 15) is 0 Å². The minimum absolute atomic E-state index is 0.523. The van der Waals surface area contributed by atoms with E-state index in [1.165, 1.54) is 0 Å². The van der Waals surface area contributed by atoms with Crippen LogP contribution >= 0.6 is 27.5 Å². The second-order valence-electron chi connectivity index (χ2n) is 1.56. The molecule has 9 heavy (non-hydrogen) atoms. The number of rotatable bonds is 0. The molecule has 1 nitrogen and oxygen atoms in total. The van der Waals surface area contributed by atoms with Crippen LogP contribution in [0, 0.1) is 6.07 Å². The van der Waals surface area contributed by atoms with Gasteiger partial charge in [-0.2, -0.15) is 0 Å². The first-order valence-electron chi connectivity index (χ1n) is 2.33. The van der Waals surface area contributed by atoms with Crippen molar-refractivity contribution in [2.24, 2.45) is 0 Å². The zero-order valence-electron chi connectivity index (χ0n) is 4.49. The Labute approximate surface area is 66.9 Å². The Hall–Kier alpha value is -0.210. The van der Waals surface area contributed by atoms with E-state index in [2.05, 4.69) is 22.0 Å². The maximum absolute atomic E-state index is 5.63. The molecule has 1 radical (unpaired) electrons. The van der Waals surface area contributed by atoms with Crippen molar-refractivity contribution in [2.45, 2.75) is 0 Å². The Bertz CT molecular complexity index is 204. The van der Waals surface area contributed by atoms with Crippen LogP contribution in [0.15, 0.2) is 16.6 Å². The summed E-state index contributed by atoms with van der Waals surface area (Å²) in [5.41, 5.74) is 6.11. The van der Waals surface area contributed by atoms with E-state index in [1.807, 2.05) is 0 Å². The zero-order chi connectivity index (χ0) is 6.85. The lowest BCUT2D eigenvalue weighted by Crippen LogP contribution is -1.85. The summed E-state index contributed by atoms with van der Waals surface area (Å²) in [4.78, 5) is 0. The topological polar surface area (TPSA) is 26.0 Å². The monoisotopic (exact) mass is 204 g/mol. The van der Waals surface area contributed by atoms with Crippen LogP contribution in [0.4, 0.5) is 5.69 Å². The first-order valence-corrected chi connectivity index (χ1v) is 3.50. The average molecular weight is 205 g/mol. The molecule has 47 valence electrons. The van der Waals surface area contributed by atoms with E-state index in [0.29, 0.717) is 15.2 Å². The number of nitrogen functional groups attached to an aromatic ring is 1. The molecule has 0 unspecified atom stereocenters. The van der Waals surface area contributed by atoms with Crippen LogP contribution in [-0.2, 0) is 0 Å². The predicted octanol–water partition coefficient (Wildman–Crippen LogP) is 2.48. The normalized spacial score (nSPS) is 9.56. The number of hydrogen-bond acceptors (Lipinski definition) is 1. The van der Waals surface area contributed by atoms with Crippen LogP contribution < -0.4 is 5.73 Å². The Balaban J connectivity index is 3.25. The van der Waals surface area contributed by atoms with Gasteiger partial charge in [-0.15, -0.1) is 0 Å². The van der Waals surface area contributed by atoms with Crippen molar-refractivity contribution >= 4 is 33.2 Å². The van der Waals surface area contributed by atoms with Crippen molar-refractivity contribution in [1.29, 1.82) is 0 Å². The first-order chi connectivity index (χ1) is 4.22. The van der Waals surface area contributed by atoms with E-state index in [0.717, 1.165) is 0 Å². The van der Waals surface area contributed by atoms with Gasteiger partial charge in [0, 0.05) is 11.8 Å². The van der Waals surface area contributed by atoms with Crippen LogP contribution in [0.25, 0.3) is 0 Å². The Morgan fingerprint density at radius 1 is 1.67 bits per heavy atom. The summed E-state index contributed by atoms with van der Waals surface area (Å²) in [6.45, 7) is 0. The molecule has 0 atom stereocenters. The van der Waals surface area contributed by atoms with Gasteiger partial charge in [-0.25, -0.2) is 0 Å². The summed E-state index contributed by atoms with van der Waals surface area (Å²) in [7, 11) is 0. The molecule has 0 aliphatic carbocycles. The highest BCUT2D eigenvalue weighted by molar-refractivity contribution is 9.10. The third-order valence-electron chi connectivity index (χ3n) is 0.919. The number of benzene rings is 1. The molecule has 0 bridgehead atoms. The Morgan fingerprint density at radius 2 is 2.33 bits per heavy atom. The van der Waals surface area contributed by atoms with Gasteiger partial charge < -0.3 is 5.73 Å². The maximum Gasteiger partial charge on any atom is 0.0647 e. The number of halogens is 2. The van der Waals surface area contributed by atoms with E-state index in [1.54, 1.807) is 12.1 Å². The van der Waals surface area contributed by atoms with Crippen molar-refractivity contribution in [2.75, 3.05) is 5.73 Å². The second-order valence-corrected chi connectivity index (χ2v) is 2.73. The molecule has 1 aromatic rings. The van der Waals surface area contributed by atoms with Gasteiger partial charge in [-0.3, -0.25) is 0 Å². The molecular weight excluding hydrogens is 201 g/mol. The quantitative estimate of drug-likeness (QED) is 0.647. The lowest BCUT2D eigenvalue weighted by molar-refractivity contribution is 1.62.